The second-order valence-corrected chi connectivity index (χ2v) is 5.89. The van der Waals surface area contributed by atoms with Crippen molar-refractivity contribution in [2.24, 2.45) is 0 Å². The van der Waals surface area contributed by atoms with Crippen LogP contribution < -0.4 is 4.74 Å². The van der Waals surface area contributed by atoms with Crippen molar-refractivity contribution in [1.82, 2.24) is 0 Å². The summed E-state index contributed by atoms with van der Waals surface area (Å²) in [6.07, 6.45) is 0.529. The lowest BCUT2D eigenvalue weighted by atomic mass is 10.1. The van der Waals surface area contributed by atoms with Crippen LogP contribution >= 0.6 is 11.8 Å². The molecule has 0 aliphatic rings. The molecule has 2 nitrogen and oxygen atoms in total. The average Bonchev–Trinajstić information content (AvgIpc) is 2.33. The second-order valence-electron chi connectivity index (χ2n) is 4.28. The van der Waals surface area contributed by atoms with E-state index >= 15 is 0 Å². The predicted octanol–water partition coefficient (Wildman–Crippen LogP) is 3.65. The Kier molecular flexibility index (Phi) is 6.45. The normalized spacial score (nSPS) is 12.8. The van der Waals surface area contributed by atoms with Crippen molar-refractivity contribution >= 4 is 11.8 Å². The van der Waals surface area contributed by atoms with Crippen LogP contribution in [0.25, 0.3) is 0 Å². The molecule has 1 unspecified atom stereocenters. The second kappa shape index (κ2) is 7.62. The molecular weight excluding hydrogens is 232 g/mol. The van der Waals surface area contributed by atoms with Crippen LogP contribution in [0.5, 0.6) is 5.75 Å². The van der Waals surface area contributed by atoms with E-state index in [0.29, 0.717) is 17.6 Å². The lowest BCUT2D eigenvalue weighted by Gasteiger charge is -2.16. The van der Waals surface area contributed by atoms with Crippen LogP contribution in [0, 0.1) is 0 Å². The fourth-order valence-electron chi connectivity index (χ4n) is 1.47. The molecule has 1 rings (SSSR count). The minimum Gasteiger partial charge on any atom is -0.493 e. The summed E-state index contributed by atoms with van der Waals surface area (Å²) in [5.41, 5.74) is 0.897. The van der Waals surface area contributed by atoms with Gasteiger partial charge in [0, 0.05) is 11.3 Å². The first-order valence-corrected chi connectivity index (χ1v) is 7.21. The third-order valence-corrected chi connectivity index (χ3v) is 3.50. The van der Waals surface area contributed by atoms with Crippen molar-refractivity contribution in [2.75, 3.05) is 12.4 Å². The molecule has 1 N–H and O–H groups in total. The molecule has 0 saturated heterocycles. The van der Waals surface area contributed by atoms with Gasteiger partial charge in [-0.15, -0.1) is 0 Å². The fourth-order valence-corrected chi connectivity index (χ4v) is 2.22. The predicted molar refractivity (Wildman–Crippen MR) is 74.8 cm³/mol. The molecule has 0 saturated carbocycles. The van der Waals surface area contributed by atoms with Crippen LogP contribution in [0.2, 0.25) is 0 Å². The van der Waals surface area contributed by atoms with Crippen LogP contribution in [-0.2, 0) is 0 Å². The van der Waals surface area contributed by atoms with Crippen LogP contribution in [0.4, 0.5) is 0 Å². The topological polar surface area (TPSA) is 29.5 Å². The van der Waals surface area contributed by atoms with E-state index in [2.05, 4.69) is 20.8 Å². The summed E-state index contributed by atoms with van der Waals surface area (Å²) in [5.74, 6) is 1.52. The van der Waals surface area contributed by atoms with Gasteiger partial charge in [-0.25, -0.2) is 0 Å². The van der Waals surface area contributed by atoms with E-state index in [1.165, 1.54) is 0 Å². The number of aliphatic hydroxyl groups is 1. The van der Waals surface area contributed by atoms with Gasteiger partial charge in [0.25, 0.3) is 0 Å². The lowest BCUT2D eigenvalue weighted by Crippen LogP contribution is -2.06. The molecule has 0 heterocycles. The van der Waals surface area contributed by atoms with Crippen molar-refractivity contribution in [3.63, 3.8) is 0 Å². The third kappa shape index (κ3) is 5.00. The molecule has 0 amide bonds. The molecule has 1 atom stereocenters. The summed E-state index contributed by atoms with van der Waals surface area (Å²) in [7, 11) is 0. The molecule has 0 aliphatic heterocycles. The van der Waals surface area contributed by atoms with Gasteiger partial charge in [0.1, 0.15) is 5.75 Å². The minimum absolute atomic E-state index is 0.449. The maximum absolute atomic E-state index is 10.1. The van der Waals surface area contributed by atoms with E-state index in [0.717, 1.165) is 17.7 Å². The van der Waals surface area contributed by atoms with Crippen molar-refractivity contribution < 1.29 is 9.84 Å². The highest BCUT2D eigenvalue weighted by Crippen LogP contribution is 2.28. The zero-order valence-electron chi connectivity index (χ0n) is 10.8. The molecule has 0 aromatic heterocycles. The molecular formula is C14H22O2S. The first-order chi connectivity index (χ1) is 8.15. The van der Waals surface area contributed by atoms with E-state index in [-0.39, 0.29) is 0 Å². The van der Waals surface area contributed by atoms with Crippen LogP contribution in [-0.4, -0.2) is 22.7 Å². The van der Waals surface area contributed by atoms with Gasteiger partial charge in [-0.1, -0.05) is 39.0 Å². The smallest absolute Gasteiger partial charge is 0.125 e. The molecule has 0 aliphatic carbocycles. The van der Waals surface area contributed by atoms with Gasteiger partial charge >= 0.3 is 0 Å². The van der Waals surface area contributed by atoms with Crippen molar-refractivity contribution in [3.8, 4) is 5.75 Å². The summed E-state index contributed by atoms with van der Waals surface area (Å²) in [6.45, 7) is 7.04. The Morgan fingerprint density at radius 1 is 1.29 bits per heavy atom. The zero-order valence-corrected chi connectivity index (χ0v) is 11.7. The number of para-hydroxylation sites is 1. The molecule has 1 aromatic carbocycles. The molecule has 0 radical (unpaired) electrons. The van der Waals surface area contributed by atoms with Crippen LogP contribution in [0.3, 0.4) is 0 Å². The first-order valence-electron chi connectivity index (χ1n) is 6.16. The molecule has 3 heteroatoms. The molecule has 0 bridgehead atoms. The summed E-state index contributed by atoms with van der Waals surface area (Å²) in [4.78, 5) is 0. The summed E-state index contributed by atoms with van der Waals surface area (Å²) >= 11 is 1.76. The van der Waals surface area contributed by atoms with Gasteiger partial charge in [-0.05, 0) is 17.7 Å². The molecule has 17 heavy (non-hydrogen) atoms. The van der Waals surface area contributed by atoms with Gasteiger partial charge in [-0.3, -0.25) is 0 Å². The van der Waals surface area contributed by atoms with Crippen LogP contribution in [0.1, 0.15) is 38.9 Å². The summed E-state index contributed by atoms with van der Waals surface area (Å²) in [6, 6.07) is 7.75. The Morgan fingerprint density at radius 3 is 2.65 bits per heavy atom. The maximum Gasteiger partial charge on any atom is 0.125 e. The number of thioether (sulfide) groups is 1. The van der Waals surface area contributed by atoms with E-state index in [1.54, 1.807) is 11.8 Å². The number of hydrogen-bond donors (Lipinski definition) is 1. The minimum atomic E-state index is -0.449. The molecule has 0 spiro atoms. The van der Waals surface area contributed by atoms with Gasteiger partial charge in [0.2, 0.25) is 0 Å². The first kappa shape index (κ1) is 14.4. The third-order valence-electron chi connectivity index (χ3n) is 2.33. The Labute approximate surface area is 108 Å². The number of benzene rings is 1. The Bertz CT molecular complexity index is 326. The number of ether oxygens (including phenoxy) is 1. The van der Waals surface area contributed by atoms with E-state index in [4.69, 9.17) is 4.74 Å². The van der Waals surface area contributed by atoms with Crippen LogP contribution in [0.15, 0.2) is 24.3 Å². The number of hydrogen-bond acceptors (Lipinski definition) is 3. The van der Waals surface area contributed by atoms with E-state index in [1.807, 2.05) is 24.3 Å². The van der Waals surface area contributed by atoms with Crippen molar-refractivity contribution in [1.29, 1.82) is 0 Å². The highest BCUT2D eigenvalue weighted by atomic mass is 32.2. The van der Waals surface area contributed by atoms with Crippen molar-refractivity contribution in [3.05, 3.63) is 29.8 Å². The molecule has 96 valence electrons. The maximum atomic E-state index is 10.1. The van der Waals surface area contributed by atoms with Gasteiger partial charge in [0.05, 0.1) is 12.7 Å². The Balaban J connectivity index is 2.67. The van der Waals surface area contributed by atoms with Crippen molar-refractivity contribution in [2.45, 2.75) is 38.5 Å². The highest BCUT2D eigenvalue weighted by molar-refractivity contribution is 7.99. The van der Waals surface area contributed by atoms with Gasteiger partial charge in [-0.2, -0.15) is 11.8 Å². The highest BCUT2D eigenvalue weighted by Gasteiger charge is 2.13. The SMILES string of the molecule is CCCOc1ccccc1C(O)CSC(C)C. The Hall–Kier alpha value is -0.670. The fraction of sp³-hybridized carbons (Fsp3) is 0.571. The standard InChI is InChI=1S/C14H22O2S/c1-4-9-16-14-8-6-5-7-12(14)13(15)10-17-11(2)3/h5-8,11,13,15H,4,9-10H2,1-3H3. The van der Waals surface area contributed by atoms with Gasteiger partial charge in [0.15, 0.2) is 0 Å². The number of rotatable bonds is 7. The lowest BCUT2D eigenvalue weighted by molar-refractivity contribution is 0.195. The number of aliphatic hydroxyl groups excluding tert-OH is 1. The molecule has 1 aromatic rings. The largest absolute Gasteiger partial charge is 0.493 e. The Morgan fingerprint density at radius 2 is 2.00 bits per heavy atom. The monoisotopic (exact) mass is 254 g/mol. The van der Waals surface area contributed by atoms with E-state index < -0.39 is 6.10 Å². The zero-order chi connectivity index (χ0) is 12.7. The van der Waals surface area contributed by atoms with Gasteiger partial charge < -0.3 is 9.84 Å². The molecule has 0 fully saturated rings. The average molecular weight is 254 g/mol. The summed E-state index contributed by atoms with van der Waals surface area (Å²) in [5, 5.41) is 10.7. The summed E-state index contributed by atoms with van der Waals surface area (Å²) < 4.78 is 5.64. The quantitative estimate of drug-likeness (QED) is 0.805. The van der Waals surface area contributed by atoms with E-state index in [9.17, 15) is 5.11 Å².